The molecule has 0 atom stereocenters. The lowest BCUT2D eigenvalue weighted by Crippen LogP contribution is -2.26. The number of aryl methyl sites for hydroxylation is 3. The Bertz CT molecular complexity index is 860. The molecule has 5 nitrogen and oxygen atoms in total. The van der Waals surface area contributed by atoms with Crippen LogP contribution in [0, 0.1) is 20.8 Å². The molecule has 0 radical (unpaired) electrons. The Kier molecular flexibility index (Phi) is 6.08. The van der Waals surface area contributed by atoms with Crippen LogP contribution in [0.1, 0.15) is 22.3 Å². The smallest absolute Gasteiger partial charge is 0.240 e. The van der Waals surface area contributed by atoms with Crippen LogP contribution < -0.4 is 14.2 Å². The summed E-state index contributed by atoms with van der Waals surface area (Å²) in [5, 5.41) is 0. The summed E-state index contributed by atoms with van der Waals surface area (Å²) in [6.45, 7) is 6.14. The zero-order valence-corrected chi connectivity index (χ0v) is 16.2. The molecule has 0 aliphatic carbocycles. The molecule has 0 heterocycles. The van der Waals surface area contributed by atoms with E-state index >= 15 is 0 Å². The summed E-state index contributed by atoms with van der Waals surface area (Å²) >= 11 is 0. The van der Waals surface area contributed by atoms with Crippen LogP contribution in [0.3, 0.4) is 0 Å². The van der Waals surface area contributed by atoms with E-state index in [4.69, 9.17) is 9.47 Å². The Labute approximate surface area is 150 Å². The van der Waals surface area contributed by atoms with Gasteiger partial charge in [-0.3, -0.25) is 0 Å². The molecule has 2 aromatic rings. The summed E-state index contributed by atoms with van der Waals surface area (Å²) in [7, 11) is -0.342. The molecule has 0 saturated carbocycles. The van der Waals surface area contributed by atoms with Gasteiger partial charge in [0, 0.05) is 6.54 Å². The number of methoxy groups -OCH3 is 2. The minimum Gasteiger partial charge on any atom is -0.493 e. The van der Waals surface area contributed by atoms with E-state index in [0.717, 1.165) is 22.3 Å². The van der Waals surface area contributed by atoms with Crippen molar-refractivity contribution in [2.45, 2.75) is 32.1 Å². The summed E-state index contributed by atoms with van der Waals surface area (Å²) in [6, 6.07) is 8.93. The molecule has 0 aromatic heterocycles. The first-order valence-electron chi connectivity index (χ1n) is 8.07. The zero-order chi connectivity index (χ0) is 18.6. The van der Waals surface area contributed by atoms with Gasteiger partial charge in [0.05, 0.1) is 19.1 Å². The number of hydrogen-bond acceptors (Lipinski definition) is 4. The molecular formula is C19H25NO4S. The maximum Gasteiger partial charge on any atom is 0.240 e. The average Bonchev–Trinajstić information content (AvgIpc) is 2.58. The van der Waals surface area contributed by atoms with Gasteiger partial charge in [0.25, 0.3) is 0 Å². The van der Waals surface area contributed by atoms with E-state index in [-0.39, 0.29) is 0 Å². The van der Waals surface area contributed by atoms with Crippen molar-refractivity contribution in [2.24, 2.45) is 0 Å². The highest BCUT2D eigenvalue weighted by atomic mass is 32.2. The van der Waals surface area contributed by atoms with Crippen molar-refractivity contribution in [3.8, 4) is 11.5 Å². The van der Waals surface area contributed by atoms with Gasteiger partial charge in [-0.25, -0.2) is 13.1 Å². The summed E-state index contributed by atoms with van der Waals surface area (Å²) in [5.41, 5.74) is 4.07. The van der Waals surface area contributed by atoms with Gasteiger partial charge in [0.15, 0.2) is 11.5 Å². The van der Waals surface area contributed by atoms with Crippen LogP contribution in [0.4, 0.5) is 0 Å². The predicted molar refractivity (Wildman–Crippen MR) is 99.1 cm³/mol. The van der Waals surface area contributed by atoms with Crippen LogP contribution in [-0.2, 0) is 16.4 Å². The van der Waals surface area contributed by atoms with Crippen molar-refractivity contribution in [3.05, 3.63) is 52.6 Å². The minimum atomic E-state index is -3.52. The van der Waals surface area contributed by atoms with Crippen LogP contribution in [0.5, 0.6) is 11.5 Å². The Morgan fingerprint density at radius 3 is 2.12 bits per heavy atom. The number of nitrogens with one attached hydrogen (secondary N) is 1. The molecule has 0 aliphatic heterocycles. The first-order chi connectivity index (χ1) is 11.8. The fraction of sp³-hybridized carbons (Fsp3) is 0.368. The third kappa shape index (κ3) is 4.52. The van der Waals surface area contributed by atoms with E-state index in [1.54, 1.807) is 26.4 Å². The van der Waals surface area contributed by atoms with Crippen LogP contribution >= 0.6 is 0 Å². The molecule has 0 saturated heterocycles. The van der Waals surface area contributed by atoms with Gasteiger partial charge in [-0.1, -0.05) is 6.07 Å². The van der Waals surface area contributed by atoms with Crippen molar-refractivity contribution < 1.29 is 17.9 Å². The van der Waals surface area contributed by atoms with E-state index in [0.29, 0.717) is 29.4 Å². The van der Waals surface area contributed by atoms with Crippen LogP contribution in [0.2, 0.25) is 0 Å². The van der Waals surface area contributed by atoms with Gasteiger partial charge in [-0.05, 0) is 73.7 Å². The zero-order valence-electron chi connectivity index (χ0n) is 15.3. The van der Waals surface area contributed by atoms with Crippen LogP contribution in [-0.4, -0.2) is 29.2 Å². The topological polar surface area (TPSA) is 64.6 Å². The summed E-state index contributed by atoms with van der Waals surface area (Å²) < 4.78 is 38.1. The lowest BCUT2D eigenvalue weighted by molar-refractivity contribution is 0.354. The molecule has 136 valence electrons. The molecule has 0 amide bonds. The van der Waals surface area contributed by atoms with E-state index in [1.165, 1.54) is 0 Å². The SMILES string of the molecule is COc1cc(C)c(CCNS(=O)(=O)c2ccc(C)c(C)c2)cc1OC. The van der Waals surface area contributed by atoms with Crippen molar-refractivity contribution in [2.75, 3.05) is 20.8 Å². The molecule has 0 bridgehead atoms. The lowest BCUT2D eigenvalue weighted by atomic mass is 10.0. The maximum absolute atomic E-state index is 12.4. The Morgan fingerprint density at radius 1 is 0.880 bits per heavy atom. The monoisotopic (exact) mass is 363 g/mol. The van der Waals surface area contributed by atoms with Gasteiger partial charge >= 0.3 is 0 Å². The number of benzene rings is 2. The molecule has 0 unspecified atom stereocenters. The molecule has 0 spiro atoms. The van der Waals surface area contributed by atoms with E-state index in [2.05, 4.69) is 4.72 Å². The Balaban J connectivity index is 2.10. The summed E-state index contributed by atoms with van der Waals surface area (Å²) in [4.78, 5) is 0.291. The molecule has 6 heteroatoms. The highest BCUT2D eigenvalue weighted by Gasteiger charge is 2.15. The second-order valence-corrected chi connectivity index (χ2v) is 7.79. The molecular weight excluding hydrogens is 338 g/mol. The van der Waals surface area contributed by atoms with Gasteiger partial charge in [0.2, 0.25) is 10.0 Å². The largest absolute Gasteiger partial charge is 0.493 e. The normalized spacial score (nSPS) is 11.4. The Morgan fingerprint density at radius 2 is 1.52 bits per heavy atom. The lowest BCUT2D eigenvalue weighted by Gasteiger charge is -2.13. The quantitative estimate of drug-likeness (QED) is 0.821. The van der Waals surface area contributed by atoms with Crippen molar-refractivity contribution in [3.63, 3.8) is 0 Å². The fourth-order valence-electron chi connectivity index (χ4n) is 2.58. The van der Waals surface area contributed by atoms with Gasteiger partial charge < -0.3 is 9.47 Å². The average molecular weight is 363 g/mol. The van der Waals surface area contributed by atoms with Crippen molar-refractivity contribution >= 4 is 10.0 Å². The maximum atomic E-state index is 12.4. The van der Waals surface area contributed by atoms with E-state index < -0.39 is 10.0 Å². The Hall–Kier alpha value is -2.05. The molecule has 25 heavy (non-hydrogen) atoms. The molecule has 2 rings (SSSR count). The summed E-state index contributed by atoms with van der Waals surface area (Å²) in [5.74, 6) is 1.31. The standard InChI is InChI=1S/C19H25NO4S/c1-13-6-7-17(10-14(13)2)25(21,22)20-9-8-16-12-19(24-5)18(23-4)11-15(16)3/h6-7,10-12,20H,8-9H2,1-5H3. The molecule has 1 N–H and O–H groups in total. The third-order valence-corrected chi connectivity index (χ3v) is 5.78. The minimum absolute atomic E-state index is 0.291. The predicted octanol–water partition coefficient (Wildman–Crippen LogP) is 3.15. The van der Waals surface area contributed by atoms with Gasteiger partial charge in [-0.15, -0.1) is 0 Å². The third-order valence-electron chi connectivity index (χ3n) is 4.32. The fourth-order valence-corrected chi connectivity index (χ4v) is 3.69. The van der Waals surface area contributed by atoms with Crippen LogP contribution in [0.15, 0.2) is 35.2 Å². The molecule has 0 aliphatic rings. The number of sulfonamides is 1. The second kappa shape index (κ2) is 7.89. The molecule has 0 fully saturated rings. The van der Waals surface area contributed by atoms with E-state index in [1.807, 2.05) is 39.0 Å². The van der Waals surface area contributed by atoms with Gasteiger partial charge in [-0.2, -0.15) is 0 Å². The highest BCUT2D eigenvalue weighted by molar-refractivity contribution is 7.89. The van der Waals surface area contributed by atoms with Gasteiger partial charge in [0.1, 0.15) is 0 Å². The highest BCUT2D eigenvalue weighted by Crippen LogP contribution is 2.30. The number of ether oxygens (including phenoxy) is 2. The summed E-state index contributed by atoms with van der Waals surface area (Å²) in [6.07, 6.45) is 0.566. The van der Waals surface area contributed by atoms with Crippen molar-refractivity contribution in [1.82, 2.24) is 4.72 Å². The second-order valence-electron chi connectivity index (χ2n) is 6.03. The number of hydrogen-bond donors (Lipinski definition) is 1. The number of rotatable bonds is 7. The van der Waals surface area contributed by atoms with Crippen molar-refractivity contribution in [1.29, 1.82) is 0 Å². The van der Waals surface area contributed by atoms with Crippen LogP contribution in [0.25, 0.3) is 0 Å². The van der Waals surface area contributed by atoms with E-state index in [9.17, 15) is 8.42 Å². The molecule has 2 aromatic carbocycles. The first-order valence-corrected chi connectivity index (χ1v) is 9.55. The first kappa shape index (κ1) is 19.3.